The predicted octanol–water partition coefficient (Wildman–Crippen LogP) is 2.99. The lowest BCUT2D eigenvalue weighted by Gasteiger charge is -2.36. The summed E-state index contributed by atoms with van der Waals surface area (Å²) >= 11 is 0. The van der Waals surface area contributed by atoms with Crippen LogP contribution >= 0.6 is 0 Å². The van der Waals surface area contributed by atoms with Crippen LogP contribution in [0.1, 0.15) is 24.3 Å². The van der Waals surface area contributed by atoms with Gasteiger partial charge in [-0.15, -0.1) is 0 Å². The Labute approximate surface area is 153 Å². The third-order valence-corrected chi connectivity index (χ3v) is 5.33. The molecule has 0 spiro atoms. The minimum absolute atomic E-state index is 0.0974. The molecule has 5 heteroatoms. The largest absolute Gasteiger partial charge is 0.367 e. The molecule has 2 aliphatic rings. The molecular weight excluding hydrogens is 326 g/mol. The fraction of sp³-hybridized carbons (Fsp3) is 0.333. The summed E-state index contributed by atoms with van der Waals surface area (Å²) in [6, 6.07) is 19.8. The Morgan fingerprint density at radius 2 is 1.65 bits per heavy atom. The Balaban J connectivity index is 1.52. The molecule has 2 fully saturated rings. The van der Waals surface area contributed by atoms with E-state index in [4.69, 9.17) is 0 Å². The van der Waals surface area contributed by atoms with Crippen molar-refractivity contribution in [3.05, 3.63) is 66.2 Å². The number of anilines is 1. The summed E-state index contributed by atoms with van der Waals surface area (Å²) in [6.07, 6.45) is 2.06. The van der Waals surface area contributed by atoms with Gasteiger partial charge in [-0.25, -0.2) is 4.79 Å². The maximum absolute atomic E-state index is 13.0. The smallest absolute Gasteiger partial charge is 0.324 e. The van der Waals surface area contributed by atoms with Crippen molar-refractivity contribution in [3.63, 3.8) is 0 Å². The third kappa shape index (κ3) is 3.17. The van der Waals surface area contributed by atoms with E-state index in [1.54, 1.807) is 0 Å². The molecule has 1 N–H and O–H groups in total. The van der Waals surface area contributed by atoms with Gasteiger partial charge < -0.3 is 10.2 Å². The molecule has 134 valence electrons. The van der Waals surface area contributed by atoms with Gasteiger partial charge in [0.1, 0.15) is 0 Å². The first-order valence-electron chi connectivity index (χ1n) is 9.20. The lowest BCUT2D eigenvalue weighted by molar-refractivity contribution is -0.131. The van der Waals surface area contributed by atoms with Crippen molar-refractivity contribution in [2.45, 2.75) is 24.8 Å². The minimum Gasteiger partial charge on any atom is -0.367 e. The molecular formula is C21H23N3O2. The van der Waals surface area contributed by atoms with Gasteiger partial charge in [0.05, 0.1) is 12.5 Å². The lowest BCUT2D eigenvalue weighted by Crippen LogP contribution is -2.57. The van der Waals surface area contributed by atoms with Crippen LogP contribution in [0.2, 0.25) is 0 Å². The second kappa shape index (κ2) is 7.20. The Morgan fingerprint density at radius 1 is 0.962 bits per heavy atom. The van der Waals surface area contributed by atoms with Gasteiger partial charge >= 0.3 is 6.03 Å². The highest BCUT2D eigenvalue weighted by Gasteiger charge is 2.38. The van der Waals surface area contributed by atoms with Crippen LogP contribution in [0.25, 0.3) is 0 Å². The number of rotatable bonds is 4. The van der Waals surface area contributed by atoms with E-state index in [9.17, 15) is 9.59 Å². The molecule has 0 aromatic heterocycles. The molecule has 2 heterocycles. The average Bonchev–Trinajstić information content (AvgIpc) is 3.15. The summed E-state index contributed by atoms with van der Waals surface area (Å²) in [4.78, 5) is 29.1. The van der Waals surface area contributed by atoms with Crippen LogP contribution in [0, 0.1) is 0 Å². The predicted molar refractivity (Wildman–Crippen MR) is 101 cm³/mol. The Hall–Kier alpha value is -2.82. The molecule has 2 aliphatic heterocycles. The number of nitrogens with zero attached hydrogens (tertiary/aromatic N) is 2. The van der Waals surface area contributed by atoms with Gasteiger partial charge in [-0.3, -0.25) is 9.69 Å². The minimum atomic E-state index is -0.305. The number of hydrogen-bond donors (Lipinski definition) is 1. The molecule has 1 unspecified atom stereocenters. The SMILES string of the molecule is O=C1NCC(c2ccccc2)C(=O)N1C[C@H]1CCCN1c1ccccc1. The number of carbonyl (C=O) groups is 2. The Morgan fingerprint density at radius 3 is 2.38 bits per heavy atom. The van der Waals surface area contributed by atoms with E-state index in [-0.39, 0.29) is 23.9 Å². The number of urea groups is 1. The summed E-state index contributed by atoms with van der Waals surface area (Å²) < 4.78 is 0. The van der Waals surface area contributed by atoms with Gasteiger partial charge in [0.25, 0.3) is 0 Å². The van der Waals surface area contributed by atoms with E-state index in [1.165, 1.54) is 4.90 Å². The van der Waals surface area contributed by atoms with E-state index in [0.29, 0.717) is 13.1 Å². The van der Waals surface area contributed by atoms with Gasteiger partial charge in [-0.05, 0) is 30.5 Å². The quantitative estimate of drug-likeness (QED) is 0.923. The molecule has 26 heavy (non-hydrogen) atoms. The number of imide groups is 1. The molecule has 0 bridgehead atoms. The van der Waals surface area contributed by atoms with Crippen LogP contribution in [0.4, 0.5) is 10.5 Å². The molecule has 2 aromatic carbocycles. The Bertz CT molecular complexity index is 778. The van der Waals surface area contributed by atoms with Crippen molar-refractivity contribution in [1.29, 1.82) is 0 Å². The van der Waals surface area contributed by atoms with E-state index < -0.39 is 0 Å². The molecule has 0 radical (unpaired) electrons. The normalized spacial score (nSPS) is 23.2. The summed E-state index contributed by atoms with van der Waals surface area (Å²) in [7, 11) is 0. The lowest BCUT2D eigenvalue weighted by atomic mass is 9.96. The van der Waals surface area contributed by atoms with Crippen molar-refractivity contribution in [2.75, 3.05) is 24.5 Å². The highest BCUT2D eigenvalue weighted by atomic mass is 16.2. The maximum atomic E-state index is 13.0. The van der Waals surface area contributed by atoms with Gasteiger partial charge in [0.2, 0.25) is 5.91 Å². The number of para-hydroxylation sites is 1. The average molecular weight is 349 g/mol. The van der Waals surface area contributed by atoms with E-state index in [2.05, 4.69) is 22.3 Å². The summed E-state index contributed by atoms with van der Waals surface area (Å²) in [5, 5.41) is 2.89. The molecule has 2 aromatic rings. The van der Waals surface area contributed by atoms with Crippen molar-refractivity contribution in [3.8, 4) is 0 Å². The fourth-order valence-electron chi connectivity index (χ4n) is 3.97. The second-order valence-electron chi connectivity index (χ2n) is 6.92. The van der Waals surface area contributed by atoms with Crippen molar-refractivity contribution in [2.24, 2.45) is 0 Å². The van der Waals surface area contributed by atoms with E-state index in [0.717, 1.165) is 30.6 Å². The molecule has 5 nitrogen and oxygen atoms in total. The van der Waals surface area contributed by atoms with Gasteiger partial charge in [-0.1, -0.05) is 48.5 Å². The summed E-state index contributed by atoms with van der Waals surface area (Å²) in [5.41, 5.74) is 2.10. The first-order chi connectivity index (χ1) is 12.7. The summed E-state index contributed by atoms with van der Waals surface area (Å²) in [5.74, 6) is -0.402. The number of amides is 3. The first-order valence-corrected chi connectivity index (χ1v) is 9.20. The van der Waals surface area contributed by atoms with Crippen LogP contribution in [0.5, 0.6) is 0 Å². The second-order valence-corrected chi connectivity index (χ2v) is 6.92. The molecule has 2 saturated heterocycles. The summed E-state index contributed by atoms with van der Waals surface area (Å²) in [6.45, 7) is 1.76. The van der Waals surface area contributed by atoms with E-state index in [1.807, 2.05) is 48.5 Å². The Kier molecular flexibility index (Phi) is 4.61. The molecule has 0 aliphatic carbocycles. The zero-order valence-electron chi connectivity index (χ0n) is 14.7. The highest BCUT2D eigenvalue weighted by Crippen LogP contribution is 2.28. The number of hydrogen-bond acceptors (Lipinski definition) is 3. The molecule has 2 atom stereocenters. The van der Waals surface area contributed by atoms with Crippen LogP contribution in [-0.4, -0.2) is 42.5 Å². The van der Waals surface area contributed by atoms with Crippen LogP contribution < -0.4 is 10.2 Å². The molecule has 4 rings (SSSR count). The number of nitrogens with one attached hydrogen (secondary N) is 1. The van der Waals surface area contributed by atoms with Crippen LogP contribution in [-0.2, 0) is 4.79 Å². The maximum Gasteiger partial charge on any atom is 0.324 e. The highest BCUT2D eigenvalue weighted by molar-refractivity contribution is 6.00. The van der Waals surface area contributed by atoms with Crippen molar-refractivity contribution >= 4 is 17.6 Å². The van der Waals surface area contributed by atoms with E-state index >= 15 is 0 Å². The standard InChI is InChI=1S/C21H23N3O2/c25-20-19(16-8-3-1-4-9-16)14-22-21(26)24(20)15-18-12-7-13-23(18)17-10-5-2-6-11-17/h1-6,8-11,18-19H,7,12-15H2,(H,22,26)/t18-,19?/m1/s1. The number of carbonyl (C=O) groups excluding carboxylic acids is 2. The fourth-order valence-corrected chi connectivity index (χ4v) is 3.97. The molecule has 0 saturated carbocycles. The zero-order valence-corrected chi connectivity index (χ0v) is 14.7. The van der Waals surface area contributed by atoms with Gasteiger partial charge in [0, 0.05) is 24.8 Å². The number of benzene rings is 2. The van der Waals surface area contributed by atoms with Gasteiger partial charge in [-0.2, -0.15) is 0 Å². The zero-order chi connectivity index (χ0) is 17.9. The monoisotopic (exact) mass is 349 g/mol. The molecule has 3 amide bonds. The topological polar surface area (TPSA) is 52.7 Å². The van der Waals surface area contributed by atoms with Crippen molar-refractivity contribution < 1.29 is 9.59 Å². The van der Waals surface area contributed by atoms with Crippen LogP contribution in [0.15, 0.2) is 60.7 Å². The van der Waals surface area contributed by atoms with Crippen LogP contribution in [0.3, 0.4) is 0 Å². The first kappa shape index (κ1) is 16.6. The van der Waals surface area contributed by atoms with Crippen molar-refractivity contribution in [1.82, 2.24) is 10.2 Å². The van der Waals surface area contributed by atoms with Gasteiger partial charge in [0.15, 0.2) is 0 Å². The third-order valence-electron chi connectivity index (χ3n) is 5.33.